The van der Waals surface area contributed by atoms with Gasteiger partial charge in [-0.25, -0.2) is 22.9 Å². The molecule has 1 heterocycles. The van der Waals surface area contributed by atoms with Crippen molar-refractivity contribution in [2.24, 2.45) is 5.14 Å². The van der Waals surface area contributed by atoms with E-state index in [0.29, 0.717) is 0 Å². The molecule has 0 amide bonds. The molecule has 3 aromatic rings. The van der Waals surface area contributed by atoms with Gasteiger partial charge in [0.25, 0.3) is 5.69 Å². The Balaban J connectivity index is 1.68. The highest BCUT2D eigenvalue weighted by Crippen LogP contribution is 2.39. The Morgan fingerprint density at radius 1 is 1.23 bits per heavy atom. The number of anilines is 1. The number of benzene rings is 2. The Morgan fingerprint density at radius 3 is 2.63 bits per heavy atom. The van der Waals surface area contributed by atoms with Crippen LogP contribution >= 0.6 is 11.3 Å². The van der Waals surface area contributed by atoms with Crippen molar-refractivity contribution in [3.05, 3.63) is 69.0 Å². The van der Waals surface area contributed by atoms with E-state index in [1.807, 2.05) is 0 Å². The van der Waals surface area contributed by atoms with Gasteiger partial charge in [-0.1, -0.05) is 0 Å². The normalized spacial score (nSPS) is 16.1. The maximum absolute atomic E-state index is 13.2. The fourth-order valence-corrected chi connectivity index (χ4v) is 5.16. The number of sulfonamides is 1. The van der Waals surface area contributed by atoms with Gasteiger partial charge < -0.3 is 5.32 Å². The molecular weight excluding hydrogens is 431 g/mol. The van der Waals surface area contributed by atoms with Gasteiger partial charge in [0.2, 0.25) is 10.0 Å². The summed E-state index contributed by atoms with van der Waals surface area (Å²) in [5, 5.41) is 20.3. The SMILES string of the molecule is NS(=O)(=O)c1cc(NC2CCCc3sc(-c4ccc(F)cc4)nc32)cc([N+](=O)[O-])c1. The van der Waals surface area contributed by atoms with Crippen LogP contribution in [0.25, 0.3) is 10.6 Å². The van der Waals surface area contributed by atoms with Gasteiger partial charge in [-0.15, -0.1) is 11.3 Å². The number of nitrogens with one attached hydrogen (secondary N) is 1. The van der Waals surface area contributed by atoms with E-state index < -0.39 is 14.9 Å². The number of fused-ring (bicyclic) bond motifs is 1. The van der Waals surface area contributed by atoms with Crippen molar-refractivity contribution >= 4 is 32.7 Å². The van der Waals surface area contributed by atoms with Crippen LogP contribution in [0.5, 0.6) is 0 Å². The van der Waals surface area contributed by atoms with Gasteiger partial charge in [-0.2, -0.15) is 0 Å². The molecule has 0 saturated carbocycles. The van der Waals surface area contributed by atoms with Crippen LogP contribution in [0.15, 0.2) is 47.4 Å². The summed E-state index contributed by atoms with van der Waals surface area (Å²) < 4.78 is 36.7. The number of hydrogen-bond donors (Lipinski definition) is 2. The number of hydrogen-bond acceptors (Lipinski definition) is 7. The maximum atomic E-state index is 13.2. The smallest absolute Gasteiger partial charge is 0.272 e. The molecule has 1 atom stereocenters. The van der Waals surface area contributed by atoms with Gasteiger partial charge in [0.1, 0.15) is 10.8 Å². The van der Waals surface area contributed by atoms with Crippen molar-refractivity contribution in [1.29, 1.82) is 0 Å². The monoisotopic (exact) mass is 448 g/mol. The lowest BCUT2D eigenvalue weighted by atomic mass is 9.97. The Bertz CT molecular complexity index is 1230. The molecule has 0 saturated heterocycles. The van der Waals surface area contributed by atoms with Crippen LogP contribution < -0.4 is 10.5 Å². The van der Waals surface area contributed by atoms with Crippen molar-refractivity contribution in [1.82, 2.24) is 4.98 Å². The number of halogens is 1. The van der Waals surface area contributed by atoms with Crippen LogP contribution in [0.3, 0.4) is 0 Å². The van der Waals surface area contributed by atoms with Gasteiger partial charge >= 0.3 is 0 Å². The lowest BCUT2D eigenvalue weighted by molar-refractivity contribution is -0.385. The van der Waals surface area contributed by atoms with Crippen LogP contribution in [-0.4, -0.2) is 18.3 Å². The molecule has 0 radical (unpaired) electrons. The summed E-state index contributed by atoms with van der Waals surface area (Å²) in [6.45, 7) is 0. The average Bonchev–Trinajstić information content (AvgIpc) is 3.13. The summed E-state index contributed by atoms with van der Waals surface area (Å²) in [7, 11) is -4.11. The van der Waals surface area contributed by atoms with E-state index >= 15 is 0 Å². The molecule has 0 fully saturated rings. The maximum Gasteiger partial charge on any atom is 0.272 e. The van der Waals surface area contributed by atoms with Gasteiger partial charge in [-0.3, -0.25) is 10.1 Å². The lowest BCUT2D eigenvalue weighted by Crippen LogP contribution is -2.18. The molecule has 0 aliphatic heterocycles. The third-order valence-corrected chi connectivity index (χ3v) is 6.89. The number of nitrogens with zero attached hydrogens (tertiary/aromatic N) is 2. The van der Waals surface area contributed by atoms with E-state index in [-0.39, 0.29) is 28.1 Å². The molecule has 1 aliphatic carbocycles. The number of rotatable bonds is 5. The first-order valence-corrected chi connectivity index (χ1v) is 11.4. The topological polar surface area (TPSA) is 128 Å². The molecule has 4 rings (SSSR count). The van der Waals surface area contributed by atoms with Crippen LogP contribution in [0.1, 0.15) is 29.5 Å². The quantitative estimate of drug-likeness (QED) is 0.449. The number of non-ortho nitro benzene ring substituents is 1. The Kier molecular flexibility index (Phi) is 5.26. The number of aryl methyl sites for hydroxylation is 1. The van der Waals surface area contributed by atoms with Crippen molar-refractivity contribution < 1.29 is 17.7 Å². The van der Waals surface area contributed by atoms with Crippen molar-refractivity contribution in [3.8, 4) is 10.6 Å². The number of aromatic nitrogens is 1. The standard InChI is InChI=1S/C19H17FN4O4S2/c20-12-6-4-11(5-7-12)19-23-18-16(2-1-3-17(18)29-19)22-13-8-14(24(25)26)10-15(9-13)30(21,27)28/h4-10,16,22H,1-3H2,(H2,21,27,28). The van der Waals surface area contributed by atoms with Crippen LogP contribution in [0, 0.1) is 15.9 Å². The fourth-order valence-electron chi connectivity index (χ4n) is 3.41. The predicted molar refractivity (Wildman–Crippen MR) is 111 cm³/mol. The Labute approximate surface area is 175 Å². The van der Waals surface area contributed by atoms with Crippen LogP contribution in [0.4, 0.5) is 15.8 Å². The number of thiazole rings is 1. The molecule has 1 aromatic heterocycles. The van der Waals surface area contributed by atoms with E-state index in [1.54, 1.807) is 12.1 Å². The molecule has 0 bridgehead atoms. The van der Waals surface area contributed by atoms with Crippen LogP contribution in [0.2, 0.25) is 0 Å². The summed E-state index contributed by atoms with van der Waals surface area (Å²) in [5.41, 5.74) is 1.53. The number of nitro groups is 1. The zero-order chi connectivity index (χ0) is 21.5. The minimum absolute atomic E-state index is 0.241. The minimum Gasteiger partial charge on any atom is -0.376 e. The van der Waals surface area contributed by atoms with E-state index in [2.05, 4.69) is 5.32 Å². The number of nitrogens with two attached hydrogens (primary N) is 1. The first kappa shape index (κ1) is 20.4. The average molecular weight is 449 g/mol. The first-order valence-electron chi connectivity index (χ1n) is 9.05. The van der Waals surface area contributed by atoms with Gasteiger partial charge in [0.15, 0.2) is 0 Å². The summed E-state index contributed by atoms with van der Waals surface area (Å²) in [4.78, 5) is 16.0. The lowest BCUT2D eigenvalue weighted by Gasteiger charge is -2.23. The number of primary sulfonamides is 1. The Hall–Kier alpha value is -2.89. The molecule has 30 heavy (non-hydrogen) atoms. The second-order valence-electron chi connectivity index (χ2n) is 6.94. The van der Waals surface area contributed by atoms with Crippen molar-refractivity contribution in [2.45, 2.75) is 30.2 Å². The second kappa shape index (κ2) is 7.74. The zero-order valence-electron chi connectivity index (χ0n) is 15.5. The summed E-state index contributed by atoms with van der Waals surface area (Å²) >= 11 is 1.53. The first-order chi connectivity index (χ1) is 14.2. The molecule has 1 unspecified atom stereocenters. The molecule has 156 valence electrons. The van der Waals surface area contributed by atoms with E-state index in [0.717, 1.165) is 46.5 Å². The molecular formula is C19H17FN4O4S2. The predicted octanol–water partition coefficient (Wildman–Crippen LogP) is 3.99. The highest BCUT2D eigenvalue weighted by atomic mass is 32.2. The zero-order valence-corrected chi connectivity index (χ0v) is 17.2. The van der Waals surface area contributed by atoms with Crippen LogP contribution in [-0.2, 0) is 16.4 Å². The second-order valence-corrected chi connectivity index (χ2v) is 9.59. The Morgan fingerprint density at radius 2 is 1.97 bits per heavy atom. The van der Waals surface area contributed by atoms with Crippen molar-refractivity contribution in [3.63, 3.8) is 0 Å². The van der Waals surface area contributed by atoms with E-state index in [1.165, 1.54) is 35.6 Å². The molecule has 3 N–H and O–H groups in total. The summed E-state index contributed by atoms with van der Waals surface area (Å²) in [6.07, 6.45) is 2.46. The van der Waals surface area contributed by atoms with Gasteiger partial charge in [-0.05, 0) is 49.6 Å². The summed E-state index contributed by atoms with van der Waals surface area (Å²) in [6, 6.07) is 9.34. The molecule has 8 nitrogen and oxygen atoms in total. The van der Waals surface area contributed by atoms with E-state index in [9.17, 15) is 22.9 Å². The largest absolute Gasteiger partial charge is 0.376 e. The van der Waals surface area contributed by atoms with Gasteiger partial charge in [0, 0.05) is 28.3 Å². The minimum atomic E-state index is -4.11. The van der Waals surface area contributed by atoms with E-state index in [4.69, 9.17) is 10.1 Å². The highest BCUT2D eigenvalue weighted by Gasteiger charge is 2.26. The van der Waals surface area contributed by atoms with Crippen molar-refractivity contribution in [2.75, 3.05) is 5.32 Å². The number of nitro benzene ring substituents is 1. The summed E-state index contributed by atoms with van der Waals surface area (Å²) in [5.74, 6) is -0.323. The highest BCUT2D eigenvalue weighted by molar-refractivity contribution is 7.89. The van der Waals surface area contributed by atoms with Gasteiger partial charge in [0.05, 0.1) is 21.6 Å². The fraction of sp³-hybridized carbons (Fsp3) is 0.211. The molecule has 0 spiro atoms. The molecule has 1 aliphatic rings. The third kappa shape index (κ3) is 4.18. The molecule has 2 aromatic carbocycles. The third-order valence-electron chi connectivity index (χ3n) is 4.82. The molecule has 11 heteroatoms.